The van der Waals surface area contributed by atoms with Crippen molar-refractivity contribution in [3.05, 3.63) is 35.6 Å². The van der Waals surface area contributed by atoms with Crippen LogP contribution in [0.1, 0.15) is 39.2 Å². The SMILES string of the molecule is CCNCC(Cc1ccccc1F)C(CC)CC. The van der Waals surface area contributed by atoms with Gasteiger partial charge in [0.15, 0.2) is 0 Å². The van der Waals surface area contributed by atoms with Crippen molar-refractivity contribution in [2.75, 3.05) is 13.1 Å². The zero-order valence-electron chi connectivity index (χ0n) is 11.9. The second kappa shape index (κ2) is 8.25. The van der Waals surface area contributed by atoms with Gasteiger partial charge in [-0.15, -0.1) is 0 Å². The van der Waals surface area contributed by atoms with E-state index in [1.807, 2.05) is 12.1 Å². The third kappa shape index (κ3) is 4.41. The molecule has 102 valence electrons. The van der Waals surface area contributed by atoms with Crippen LogP contribution in [-0.4, -0.2) is 13.1 Å². The summed E-state index contributed by atoms with van der Waals surface area (Å²) < 4.78 is 13.7. The van der Waals surface area contributed by atoms with Gasteiger partial charge in [0, 0.05) is 0 Å². The minimum Gasteiger partial charge on any atom is -0.317 e. The van der Waals surface area contributed by atoms with Crippen molar-refractivity contribution in [3.8, 4) is 0 Å². The standard InChI is InChI=1S/C16H26FN/c1-4-13(5-2)15(12-18-6-3)11-14-9-7-8-10-16(14)17/h7-10,13,15,18H,4-6,11-12H2,1-3H3. The summed E-state index contributed by atoms with van der Waals surface area (Å²) in [6, 6.07) is 7.16. The van der Waals surface area contributed by atoms with E-state index in [0.29, 0.717) is 11.8 Å². The highest BCUT2D eigenvalue weighted by atomic mass is 19.1. The van der Waals surface area contributed by atoms with Crippen LogP contribution in [0.3, 0.4) is 0 Å². The summed E-state index contributed by atoms with van der Waals surface area (Å²) in [5.74, 6) is 1.13. The molecule has 0 aromatic heterocycles. The Balaban J connectivity index is 2.74. The maximum absolute atomic E-state index is 13.7. The van der Waals surface area contributed by atoms with Crippen molar-refractivity contribution in [2.45, 2.75) is 40.0 Å². The molecular formula is C16H26FN. The summed E-state index contributed by atoms with van der Waals surface area (Å²) >= 11 is 0. The molecule has 0 spiro atoms. The fourth-order valence-corrected chi connectivity index (χ4v) is 2.64. The van der Waals surface area contributed by atoms with Crippen LogP contribution in [0.4, 0.5) is 4.39 Å². The highest BCUT2D eigenvalue weighted by molar-refractivity contribution is 5.18. The molecule has 2 heteroatoms. The Hall–Kier alpha value is -0.890. The molecule has 0 saturated carbocycles. The lowest BCUT2D eigenvalue weighted by atomic mass is 9.83. The Bertz CT molecular complexity index is 334. The summed E-state index contributed by atoms with van der Waals surface area (Å²) in [4.78, 5) is 0. The zero-order valence-corrected chi connectivity index (χ0v) is 11.9. The van der Waals surface area contributed by atoms with Crippen molar-refractivity contribution in [3.63, 3.8) is 0 Å². The molecule has 0 amide bonds. The van der Waals surface area contributed by atoms with Crippen molar-refractivity contribution in [1.82, 2.24) is 5.32 Å². The summed E-state index contributed by atoms with van der Waals surface area (Å²) in [5, 5.41) is 3.41. The molecule has 1 unspecified atom stereocenters. The maximum Gasteiger partial charge on any atom is 0.126 e. The Kier molecular flexibility index (Phi) is 6.96. The molecular weight excluding hydrogens is 225 g/mol. The smallest absolute Gasteiger partial charge is 0.126 e. The first-order chi connectivity index (χ1) is 8.72. The largest absolute Gasteiger partial charge is 0.317 e. The minimum absolute atomic E-state index is 0.0649. The Morgan fingerprint density at radius 2 is 1.72 bits per heavy atom. The fourth-order valence-electron chi connectivity index (χ4n) is 2.64. The molecule has 1 aromatic rings. The number of hydrogen-bond donors (Lipinski definition) is 1. The Morgan fingerprint density at radius 1 is 1.06 bits per heavy atom. The van der Waals surface area contributed by atoms with E-state index >= 15 is 0 Å². The molecule has 1 aromatic carbocycles. The van der Waals surface area contributed by atoms with Gasteiger partial charge < -0.3 is 5.32 Å². The van der Waals surface area contributed by atoms with Gasteiger partial charge >= 0.3 is 0 Å². The quantitative estimate of drug-likeness (QED) is 0.735. The van der Waals surface area contributed by atoms with Gasteiger partial charge in [-0.3, -0.25) is 0 Å². The van der Waals surface area contributed by atoms with Crippen LogP contribution in [-0.2, 0) is 6.42 Å². The molecule has 1 nitrogen and oxygen atoms in total. The molecule has 0 radical (unpaired) electrons. The van der Waals surface area contributed by atoms with Crippen LogP contribution in [0.2, 0.25) is 0 Å². The average molecular weight is 251 g/mol. The molecule has 0 aliphatic rings. The number of hydrogen-bond acceptors (Lipinski definition) is 1. The van der Waals surface area contributed by atoms with Gasteiger partial charge in [0.05, 0.1) is 0 Å². The molecule has 18 heavy (non-hydrogen) atoms. The van der Waals surface area contributed by atoms with Crippen LogP contribution in [0.15, 0.2) is 24.3 Å². The van der Waals surface area contributed by atoms with Gasteiger partial charge in [0.25, 0.3) is 0 Å². The predicted octanol–water partition coefficient (Wildman–Crippen LogP) is 4.03. The molecule has 0 bridgehead atoms. The van der Waals surface area contributed by atoms with E-state index in [4.69, 9.17) is 0 Å². The Morgan fingerprint density at radius 3 is 2.28 bits per heavy atom. The van der Waals surface area contributed by atoms with Gasteiger partial charge in [-0.05, 0) is 43.0 Å². The minimum atomic E-state index is -0.0649. The first-order valence-electron chi connectivity index (χ1n) is 7.16. The summed E-state index contributed by atoms with van der Waals surface area (Å²) in [6.45, 7) is 8.54. The van der Waals surface area contributed by atoms with E-state index < -0.39 is 0 Å². The first-order valence-corrected chi connectivity index (χ1v) is 7.16. The second-order valence-electron chi connectivity index (χ2n) is 4.94. The molecule has 1 rings (SSSR count). The fraction of sp³-hybridized carbons (Fsp3) is 0.625. The molecule has 0 aliphatic carbocycles. The lowest BCUT2D eigenvalue weighted by molar-refractivity contribution is 0.297. The molecule has 0 fully saturated rings. The summed E-state index contributed by atoms with van der Waals surface area (Å²) in [7, 11) is 0. The number of rotatable bonds is 8. The third-order valence-electron chi connectivity index (χ3n) is 3.81. The monoisotopic (exact) mass is 251 g/mol. The molecule has 1 atom stereocenters. The van der Waals surface area contributed by atoms with Crippen LogP contribution in [0.25, 0.3) is 0 Å². The van der Waals surface area contributed by atoms with Gasteiger partial charge in [-0.25, -0.2) is 4.39 Å². The van der Waals surface area contributed by atoms with E-state index in [-0.39, 0.29) is 5.82 Å². The lowest BCUT2D eigenvalue weighted by Gasteiger charge is -2.26. The molecule has 0 heterocycles. The van der Waals surface area contributed by atoms with Crippen molar-refractivity contribution in [2.24, 2.45) is 11.8 Å². The van der Waals surface area contributed by atoms with E-state index in [1.54, 1.807) is 12.1 Å². The van der Waals surface area contributed by atoms with Gasteiger partial charge in [0.2, 0.25) is 0 Å². The average Bonchev–Trinajstić information content (AvgIpc) is 2.39. The third-order valence-corrected chi connectivity index (χ3v) is 3.81. The van der Waals surface area contributed by atoms with E-state index in [0.717, 1.165) is 25.1 Å². The van der Waals surface area contributed by atoms with Crippen LogP contribution < -0.4 is 5.32 Å². The predicted molar refractivity (Wildman–Crippen MR) is 76.2 cm³/mol. The number of halogens is 1. The van der Waals surface area contributed by atoms with Gasteiger partial charge in [-0.2, -0.15) is 0 Å². The first kappa shape index (κ1) is 15.2. The number of benzene rings is 1. The van der Waals surface area contributed by atoms with Gasteiger partial charge in [0.1, 0.15) is 5.82 Å². The highest BCUT2D eigenvalue weighted by Gasteiger charge is 2.19. The molecule has 0 aliphatic heterocycles. The topological polar surface area (TPSA) is 12.0 Å². The van der Waals surface area contributed by atoms with Crippen molar-refractivity contribution >= 4 is 0 Å². The number of nitrogens with one attached hydrogen (secondary N) is 1. The zero-order chi connectivity index (χ0) is 13.4. The van der Waals surface area contributed by atoms with E-state index in [2.05, 4.69) is 26.1 Å². The lowest BCUT2D eigenvalue weighted by Crippen LogP contribution is -2.29. The van der Waals surface area contributed by atoms with E-state index in [9.17, 15) is 4.39 Å². The Labute approximate surface area is 111 Å². The maximum atomic E-state index is 13.7. The summed E-state index contributed by atoms with van der Waals surface area (Å²) in [5.41, 5.74) is 0.854. The summed E-state index contributed by atoms with van der Waals surface area (Å²) in [6.07, 6.45) is 3.17. The van der Waals surface area contributed by atoms with Crippen LogP contribution >= 0.6 is 0 Å². The molecule has 1 N–H and O–H groups in total. The van der Waals surface area contributed by atoms with Crippen LogP contribution in [0.5, 0.6) is 0 Å². The molecule has 0 saturated heterocycles. The van der Waals surface area contributed by atoms with Gasteiger partial charge in [-0.1, -0.05) is 51.8 Å². The highest BCUT2D eigenvalue weighted by Crippen LogP contribution is 2.24. The van der Waals surface area contributed by atoms with Crippen LogP contribution in [0, 0.1) is 17.7 Å². The van der Waals surface area contributed by atoms with Crippen molar-refractivity contribution in [1.29, 1.82) is 0 Å². The van der Waals surface area contributed by atoms with Crippen molar-refractivity contribution < 1.29 is 4.39 Å². The van der Waals surface area contributed by atoms with E-state index in [1.165, 1.54) is 12.8 Å². The normalized spacial score (nSPS) is 12.9. The second-order valence-corrected chi connectivity index (χ2v) is 4.94.